The molecule has 0 saturated carbocycles. The number of hydrazine groups is 1. The predicted molar refractivity (Wildman–Crippen MR) is 80.2 cm³/mol. The van der Waals surface area contributed by atoms with Gasteiger partial charge >= 0.3 is 0 Å². The number of nitrogen functional groups attached to an aromatic ring is 1. The number of halogens is 1. The summed E-state index contributed by atoms with van der Waals surface area (Å²) in [5, 5.41) is 13.8. The lowest BCUT2D eigenvalue weighted by Crippen LogP contribution is -2.11. The highest BCUT2D eigenvalue weighted by Crippen LogP contribution is 2.22. The summed E-state index contributed by atoms with van der Waals surface area (Å²) >= 11 is 7.34. The molecule has 20 heavy (non-hydrogen) atoms. The predicted octanol–water partition coefficient (Wildman–Crippen LogP) is 2.64. The summed E-state index contributed by atoms with van der Waals surface area (Å²) in [5.74, 6) is 5.87. The van der Waals surface area contributed by atoms with Gasteiger partial charge in [-0.25, -0.2) is 10.8 Å². The molecule has 0 atom stereocenters. The topological polar surface area (TPSA) is 106 Å². The first kappa shape index (κ1) is 14.5. The molecule has 0 spiro atoms. The lowest BCUT2D eigenvalue weighted by molar-refractivity contribution is -0.384. The third kappa shape index (κ3) is 3.80. The first-order valence-corrected chi connectivity index (χ1v) is 6.89. The smallest absolute Gasteiger partial charge is 0.276 e. The minimum absolute atomic E-state index is 0.0744. The summed E-state index contributed by atoms with van der Waals surface area (Å²) in [4.78, 5) is 15.5. The summed E-state index contributed by atoms with van der Waals surface area (Å²) in [6, 6.07) is 6.42. The third-order valence-corrected chi connectivity index (χ3v) is 3.77. The van der Waals surface area contributed by atoms with Gasteiger partial charge in [0.05, 0.1) is 21.4 Å². The second kappa shape index (κ2) is 6.51. The molecule has 9 heteroatoms. The van der Waals surface area contributed by atoms with Gasteiger partial charge in [0, 0.05) is 11.4 Å². The maximum Gasteiger partial charge on any atom is 0.276 e. The average Bonchev–Trinajstić information content (AvgIpc) is 2.84. The van der Waals surface area contributed by atoms with Crippen molar-refractivity contribution in [3.63, 3.8) is 0 Å². The van der Waals surface area contributed by atoms with E-state index >= 15 is 0 Å². The highest BCUT2D eigenvalue weighted by molar-refractivity contribution is 7.16. The number of hydrogen-bond donors (Lipinski definition) is 3. The van der Waals surface area contributed by atoms with Crippen LogP contribution in [0.3, 0.4) is 0 Å². The Labute approximate surface area is 123 Å². The van der Waals surface area contributed by atoms with Gasteiger partial charge in [-0.2, -0.15) is 0 Å². The number of nitrogens with zero attached hydrogens (tertiary/aromatic N) is 2. The Hall–Kier alpha value is -1.90. The van der Waals surface area contributed by atoms with Crippen LogP contribution in [0.5, 0.6) is 0 Å². The minimum atomic E-state index is -0.493. The molecule has 2 rings (SSSR count). The van der Waals surface area contributed by atoms with E-state index in [1.165, 1.54) is 23.5 Å². The maximum atomic E-state index is 10.8. The lowest BCUT2D eigenvalue weighted by Gasteiger charge is -2.06. The number of aromatic nitrogens is 1. The van der Waals surface area contributed by atoms with E-state index in [9.17, 15) is 10.1 Å². The molecular weight excluding hydrogens is 302 g/mol. The van der Waals surface area contributed by atoms with Crippen molar-refractivity contribution >= 4 is 40.3 Å². The van der Waals surface area contributed by atoms with Crippen LogP contribution in [-0.4, -0.2) is 16.5 Å². The standard InChI is InChI=1S/C11H12ClN5O2S/c12-9-2-1-8(20-9)3-4-14-10-5-7(17(18)19)6-11(15-10)16-13/h1-2,5-6H,3-4,13H2,(H2,14,15,16). The Morgan fingerprint density at radius 3 is 2.75 bits per heavy atom. The van der Waals surface area contributed by atoms with Crippen molar-refractivity contribution in [1.82, 2.24) is 4.98 Å². The SMILES string of the molecule is NNc1cc([N+](=O)[O-])cc(NCCc2ccc(Cl)s2)n1. The molecule has 0 aliphatic heterocycles. The highest BCUT2D eigenvalue weighted by Gasteiger charge is 2.10. The Morgan fingerprint density at radius 2 is 2.15 bits per heavy atom. The van der Waals surface area contributed by atoms with E-state index < -0.39 is 4.92 Å². The molecule has 4 N–H and O–H groups in total. The van der Waals surface area contributed by atoms with Gasteiger partial charge in [0.2, 0.25) is 0 Å². The number of nitrogens with one attached hydrogen (secondary N) is 2. The summed E-state index contributed by atoms with van der Waals surface area (Å²) in [5.41, 5.74) is 2.23. The summed E-state index contributed by atoms with van der Waals surface area (Å²) in [7, 11) is 0. The third-order valence-electron chi connectivity index (χ3n) is 2.48. The number of anilines is 2. The molecule has 0 bridgehead atoms. The van der Waals surface area contributed by atoms with Crippen molar-refractivity contribution in [3.8, 4) is 0 Å². The first-order valence-electron chi connectivity index (χ1n) is 5.69. The zero-order valence-electron chi connectivity index (χ0n) is 10.3. The van der Waals surface area contributed by atoms with Crippen LogP contribution >= 0.6 is 22.9 Å². The van der Waals surface area contributed by atoms with Gasteiger partial charge in [0.1, 0.15) is 11.6 Å². The van der Waals surface area contributed by atoms with Gasteiger partial charge in [-0.1, -0.05) is 11.6 Å². The second-order valence-electron chi connectivity index (χ2n) is 3.88. The Kier molecular flexibility index (Phi) is 4.72. The van der Waals surface area contributed by atoms with E-state index in [4.69, 9.17) is 17.4 Å². The molecule has 2 heterocycles. The summed E-state index contributed by atoms with van der Waals surface area (Å²) in [6.45, 7) is 0.592. The van der Waals surface area contributed by atoms with Crippen molar-refractivity contribution in [2.45, 2.75) is 6.42 Å². The zero-order chi connectivity index (χ0) is 14.5. The maximum absolute atomic E-state index is 10.8. The average molecular weight is 314 g/mol. The van der Waals surface area contributed by atoms with E-state index in [0.717, 1.165) is 15.6 Å². The van der Waals surface area contributed by atoms with Crippen molar-refractivity contribution in [3.05, 3.63) is 43.6 Å². The number of nitrogens with two attached hydrogens (primary N) is 1. The molecule has 0 aliphatic rings. The molecule has 2 aromatic heterocycles. The number of pyridine rings is 1. The number of nitro groups is 1. The molecule has 0 radical (unpaired) electrons. The van der Waals surface area contributed by atoms with Crippen LogP contribution in [0.15, 0.2) is 24.3 Å². The zero-order valence-corrected chi connectivity index (χ0v) is 11.9. The van der Waals surface area contributed by atoms with Crippen LogP contribution < -0.4 is 16.6 Å². The van der Waals surface area contributed by atoms with Crippen LogP contribution in [0.25, 0.3) is 0 Å². The van der Waals surface area contributed by atoms with Crippen molar-refractivity contribution < 1.29 is 4.92 Å². The Bertz CT molecular complexity index is 619. The molecule has 0 unspecified atom stereocenters. The largest absolute Gasteiger partial charge is 0.369 e. The molecule has 0 aromatic carbocycles. The normalized spacial score (nSPS) is 10.3. The van der Waals surface area contributed by atoms with Crippen LogP contribution in [0.4, 0.5) is 17.3 Å². The Morgan fingerprint density at radius 1 is 1.40 bits per heavy atom. The second-order valence-corrected chi connectivity index (χ2v) is 5.68. The number of rotatable bonds is 6. The molecule has 0 aliphatic carbocycles. The fourth-order valence-corrected chi connectivity index (χ4v) is 2.67. The number of thiophene rings is 1. The fourth-order valence-electron chi connectivity index (χ4n) is 1.59. The molecule has 106 valence electrons. The van der Waals surface area contributed by atoms with E-state index in [0.29, 0.717) is 12.4 Å². The Balaban J connectivity index is 2.01. The van der Waals surface area contributed by atoms with Gasteiger partial charge < -0.3 is 10.7 Å². The van der Waals surface area contributed by atoms with Crippen LogP contribution in [-0.2, 0) is 6.42 Å². The van der Waals surface area contributed by atoms with Gasteiger partial charge in [0.25, 0.3) is 5.69 Å². The molecule has 0 saturated heterocycles. The van der Waals surface area contributed by atoms with Gasteiger partial charge in [-0.05, 0) is 18.6 Å². The summed E-state index contributed by atoms with van der Waals surface area (Å²) in [6.07, 6.45) is 0.757. The molecule has 2 aromatic rings. The number of hydrogen-bond acceptors (Lipinski definition) is 7. The van der Waals surface area contributed by atoms with Gasteiger partial charge in [-0.15, -0.1) is 11.3 Å². The van der Waals surface area contributed by atoms with Crippen LogP contribution in [0.2, 0.25) is 4.34 Å². The molecular formula is C11H12ClN5O2S. The van der Waals surface area contributed by atoms with Crippen LogP contribution in [0.1, 0.15) is 4.88 Å². The van der Waals surface area contributed by atoms with E-state index in [1.807, 2.05) is 12.1 Å². The monoisotopic (exact) mass is 313 g/mol. The van der Waals surface area contributed by atoms with E-state index in [1.54, 1.807) is 0 Å². The lowest BCUT2D eigenvalue weighted by atomic mass is 10.3. The molecule has 0 amide bonds. The van der Waals surface area contributed by atoms with Crippen molar-refractivity contribution in [2.24, 2.45) is 5.84 Å². The van der Waals surface area contributed by atoms with E-state index in [2.05, 4.69) is 15.7 Å². The molecule has 0 fully saturated rings. The summed E-state index contributed by atoms with van der Waals surface area (Å²) < 4.78 is 0.739. The van der Waals surface area contributed by atoms with Gasteiger partial charge in [-0.3, -0.25) is 10.1 Å². The van der Waals surface area contributed by atoms with Crippen LogP contribution in [0, 0.1) is 10.1 Å². The van der Waals surface area contributed by atoms with Crippen molar-refractivity contribution in [1.29, 1.82) is 0 Å². The fraction of sp³-hybridized carbons (Fsp3) is 0.182. The quantitative estimate of drug-likeness (QED) is 0.430. The van der Waals surface area contributed by atoms with Gasteiger partial charge in [0.15, 0.2) is 0 Å². The van der Waals surface area contributed by atoms with E-state index in [-0.39, 0.29) is 11.5 Å². The first-order chi connectivity index (χ1) is 9.58. The molecule has 7 nitrogen and oxygen atoms in total. The highest BCUT2D eigenvalue weighted by atomic mass is 35.5. The van der Waals surface area contributed by atoms with Crippen molar-refractivity contribution in [2.75, 3.05) is 17.3 Å². The minimum Gasteiger partial charge on any atom is -0.369 e.